The number of benzene rings is 1. The molecule has 0 saturated carbocycles. The number of morpholine rings is 1. The summed E-state index contributed by atoms with van der Waals surface area (Å²) in [7, 11) is 1.69. The number of nitrogens with one attached hydrogen (secondary N) is 1. The van der Waals surface area contributed by atoms with Crippen molar-refractivity contribution in [2.45, 2.75) is 6.10 Å². The van der Waals surface area contributed by atoms with Gasteiger partial charge in [-0.1, -0.05) is 0 Å². The molecule has 102 valence electrons. The van der Waals surface area contributed by atoms with Crippen LogP contribution in [-0.2, 0) is 9.53 Å². The van der Waals surface area contributed by atoms with Crippen LogP contribution in [0.5, 0.6) is 0 Å². The molecule has 0 spiro atoms. The SMILES string of the molecule is CN1CC(CNC(=O)c2ccc(F)cc2)OCC1=O. The molecule has 1 aliphatic heterocycles. The maximum atomic E-state index is 12.7. The quantitative estimate of drug-likeness (QED) is 0.862. The minimum Gasteiger partial charge on any atom is -0.365 e. The summed E-state index contributed by atoms with van der Waals surface area (Å²) < 4.78 is 18.0. The molecule has 1 aromatic rings. The van der Waals surface area contributed by atoms with Gasteiger partial charge in [0.1, 0.15) is 12.4 Å². The van der Waals surface area contributed by atoms with Crippen molar-refractivity contribution in [1.29, 1.82) is 0 Å². The van der Waals surface area contributed by atoms with Gasteiger partial charge >= 0.3 is 0 Å². The van der Waals surface area contributed by atoms with E-state index >= 15 is 0 Å². The summed E-state index contributed by atoms with van der Waals surface area (Å²) >= 11 is 0. The van der Waals surface area contributed by atoms with Gasteiger partial charge in [0.2, 0.25) is 5.91 Å². The molecule has 2 rings (SSSR count). The van der Waals surface area contributed by atoms with Crippen LogP contribution in [0.25, 0.3) is 0 Å². The molecule has 1 aliphatic rings. The molecule has 1 unspecified atom stereocenters. The summed E-state index contributed by atoms with van der Waals surface area (Å²) in [6.45, 7) is 0.796. The Kier molecular flexibility index (Phi) is 4.11. The highest BCUT2D eigenvalue weighted by Gasteiger charge is 2.23. The zero-order valence-electron chi connectivity index (χ0n) is 10.6. The van der Waals surface area contributed by atoms with Crippen molar-refractivity contribution in [3.63, 3.8) is 0 Å². The van der Waals surface area contributed by atoms with Crippen molar-refractivity contribution in [2.24, 2.45) is 0 Å². The van der Waals surface area contributed by atoms with Gasteiger partial charge in [-0.2, -0.15) is 0 Å². The molecule has 1 saturated heterocycles. The van der Waals surface area contributed by atoms with Crippen LogP contribution in [0.1, 0.15) is 10.4 Å². The molecule has 1 atom stereocenters. The third kappa shape index (κ3) is 3.51. The molecule has 1 heterocycles. The van der Waals surface area contributed by atoms with Gasteiger partial charge in [0.05, 0.1) is 6.10 Å². The molecule has 19 heavy (non-hydrogen) atoms. The van der Waals surface area contributed by atoms with E-state index in [4.69, 9.17) is 4.74 Å². The summed E-state index contributed by atoms with van der Waals surface area (Å²) in [5.74, 6) is -0.739. The Morgan fingerprint density at radius 1 is 1.47 bits per heavy atom. The van der Waals surface area contributed by atoms with E-state index in [1.807, 2.05) is 0 Å². The first-order valence-corrected chi connectivity index (χ1v) is 5.95. The molecular weight excluding hydrogens is 251 g/mol. The topological polar surface area (TPSA) is 58.6 Å². The molecule has 1 aromatic carbocycles. The maximum Gasteiger partial charge on any atom is 0.251 e. The van der Waals surface area contributed by atoms with Crippen LogP contribution in [0.3, 0.4) is 0 Å². The summed E-state index contributed by atoms with van der Waals surface area (Å²) in [6.07, 6.45) is -0.216. The van der Waals surface area contributed by atoms with Crippen molar-refractivity contribution < 1.29 is 18.7 Å². The van der Waals surface area contributed by atoms with Crippen molar-refractivity contribution >= 4 is 11.8 Å². The van der Waals surface area contributed by atoms with E-state index in [1.54, 1.807) is 11.9 Å². The highest BCUT2D eigenvalue weighted by atomic mass is 19.1. The number of ether oxygens (including phenoxy) is 1. The van der Waals surface area contributed by atoms with Crippen molar-refractivity contribution in [2.75, 3.05) is 26.7 Å². The van der Waals surface area contributed by atoms with Gasteiger partial charge in [-0.05, 0) is 24.3 Å². The van der Waals surface area contributed by atoms with Crippen LogP contribution < -0.4 is 5.32 Å². The lowest BCUT2D eigenvalue weighted by molar-refractivity contribution is -0.146. The van der Waals surface area contributed by atoms with E-state index in [-0.39, 0.29) is 30.3 Å². The second kappa shape index (κ2) is 5.79. The van der Waals surface area contributed by atoms with E-state index in [0.29, 0.717) is 18.7 Å². The van der Waals surface area contributed by atoms with E-state index < -0.39 is 0 Å². The van der Waals surface area contributed by atoms with Crippen molar-refractivity contribution in [3.05, 3.63) is 35.6 Å². The number of carbonyl (C=O) groups excluding carboxylic acids is 2. The van der Waals surface area contributed by atoms with Gasteiger partial charge in [-0.15, -0.1) is 0 Å². The van der Waals surface area contributed by atoms with Crippen LogP contribution in [0.4, 0.5) is 4.39 Å². The second-order valence-corrected chi connectivity index (χ2v) is 4.42. The highest BCUT2D eigenvalue weighted by molar-refractivity contribution is 5.94. The largest absolute Gasteiger partial charge is 0.365 e. The average Bonchev–Trinajstić information content (AvgIpc) is 2.40. The molecule has 1 N–H and O–H groups in total. The van der Waals surface area contributed by atoms with Crippen LogP contribution >= 0.6 is 0 Å². The Morgan fingerprint density at radius 3 is 2.79 bits per heavy atom. The second-order valence-electron chi connectivity index (χ2n) is 4.42. The van der Waals surface area contributed by atoms with Crippen molar-refractivity contribution in [1.82, 2.24) is 10.2 Å². The van der Waals surface area contributed by atoms with Crippen LogP contribution in [0.2, 0.25) is 0 Å². The van der Waals surface area contributed by atoms with E-state index in [0.717, 1.165) is 0 Å². The van der Waals surface area contributed by atoms with Gasteiger partial charge < -0.3 is 15.0 Å². The van der Waals surface area contributed by atoms with Crippen LogP contribution in [0, 0.1) is 5.82 Å². The summed E-state index contributed by atoms with van der Waals surface area (Å²) in [5.41, 5.74) is 0.390. The van der Waals surface area contributed by atoms with Gasteiger partial charge in [0.15, 0.2) is 0 Å². The molecule has 0 aliphatic carbocycles. The fraction of sp³-hybridized carbons (Fsp3) is 0.385. The van der Waals surface area contributed by atoms with Crippen molar-refractivity contribution in [3.8, 4) is 0 Å². The zero-order chi connectivity index (χ0) is 13.8. The predicted molar refractivity (Wildman–Crippen MR) is 66.1 cm³/mol. The fourth-order valence-electron chi connectivity index (χ4n) is 1.79. The highest BCUT2D eigenvalue weighted by Crippen LogP contribution is 2.05. The first-order chi connectivity index (χ1) is 9.06. The minimum absolute atomic E-state index is 0.0353. The number of hydrogen-bond donors (Lipinski definition) is 1. The lowest BCUT2D eigenvalue weighted by Crippen LogP contribution is -2.48. The molecule has 1 fully saturated rings. The van der Waals surface area contributed by atoms with Crippen LogP contribution in [0.15, 0.2) is 24.3 Å². The van der Waals surface area contributed by atoms with E-state index in [1.165, 1.54) is 24.3 Å². The maximum absolute atomic E-state index is 12.7. The van der Waals surface area contributed by atoms with Crippen LogP contribution in [-0.4, -0.2) is 49.6 Å². The Bertz CT molecular complexity index is 475. The summed E-state index contributed by atoms with van der Waals surface area (Å²) in [4.78, 5) is 24.6. The predicted octanol–water partition coefficient (Wildman–Crippen LogP) is 0.413. The number of carbonyl (C=O) groups is 2. The number of rotatable bonds is 3. The lowest BCUT2D eigenvalue weighted by atomic mass is 10.2. The Morgan fingerprint density at radius 2 is 2.16 bits per heavy atom. The Hall–Kier alpha value is -1.95. The number of amides is 2. The number of hydrogen-bond acceptors (Lipinski definition) is 3. The third-order valence-electron chi connectivity index (χ3n) is 2.94. The summed E-state index contributed by atoms with van der Waals surface area (Å²) in [5, 5.41) is 2.70. The first kappa shape index (κ1) is 13.5. The van der Waals surface area contributed by atoms with Gasteiger partial charge in [-0.3, -0.25) is 9.59 Å². The molecule has 5 nitrogen and oxygen atoms in total. The number of nitrogens with zero attached hydrogens (tertiary/aromatic N) is 1. The zero-order valence-corrected chi connectivity index (χ0v) is 10.6. The molecule has 6 heteroatoms. The smallest absolute Gasteiger partial charge is 0.251 e. The minimum atomic E-state index is -0.382. The molecule has 0 bridgehead atoms. The fourth-order valence-corrected chi connectivity index (χ4v) is 1.79. The molecule has 0 aromatic heterocycles. The Balaban J connectivity index is 1.84. The monoisotopic (exact) mass is 266 g/mol. The van der Waals surface area contributed by atoms with E-state index in [9.17, 15) is 14.0 Å². The molecule has 0 radical (unpaired) electrons. The Labute approximate surface area is 110 Å². The van der Waals surface area contributed by atoms with Gasteiger partial charge in [0, 0.05) is 25.7 Å². The molecular formula is C13H15FN2O3. The van der Waals surface area contributed by atoms with E-state index in [2.05, 4.69) is 5.32 Å². The number of likely N-dealkylation sites (N-methyl/N-ethyl adjacent to an activating group) is 1. The van der Waals surface area contributed by atoms with Gasteiger partial charge in [0.25, 0.3) is 5.91 Å². The van der Waals surface area contributed by atoms with Gasteiger partial charge in [-0.25, -0.2) is 4.39 Å². The third-order valence-corrected chi connectivity index (χ3v) is 2.94. The first-order valence-electron chi connectivity index (χ1n) is 5.95. The summed E-state index contributed by atoms with van der Waals surface area (Å²) in [6, 6.07) is 5.31. The normalized spacial score (nSPS) is 19.4. The number of halogens is 1. The standard InChI is InChI=1S/C13H15FN2O3/c1-16-7-11(19-8-12(16)17)6-15-13(18)9-2-4-10(14)5-3-9/h2-5,11H,6-8H2,1H3,(H,15,18). The molecule has 2 amide bonds. The average molecular weight is 266 g/mol. The lowest BCUT2D eigenvalue weighted by Gasteiger charge is -2.29.